The van der Waals surface area contributed by atoms with Gasteiger partial charge in [-0.05, 0) is 42.0 Å². The van der Waals surface area contributed by atoms with Crippen LogP contribution in [0.15, 0.2) is 42.5 Å². The van der Waals surface area contributed by atoms with Crippen molar-refractivity contribution in [3.63, 3.8) is 0 Å². The average Bonchev–Trinajstić information content (AvgIpc) is 2.66. The maximum absolute atomic E-state index is 13.3. The molecular formula is C15H11FN2O. The van der Waals surface area contributed by atoms with E-state index in [1.165, 1.54) is 12.1 Å². The molecule has 0 aliphatic carbocycles. The zero-order valence-electron chi connectivity index (χ0n) is 9.98. The van der Waals surface area contributed by atoms with Crippen molar-refractivity contribution in [1.82, 2.24) is 0 Å². The summed E-state index contributed by atoms with van der Waals surface area (Å²) in [6.07, 6.45) is 1.71. The summed E-state index contributed by atoms with van der Waals surface area (Å²) in [5, 5.41) is 2.70. The van der Waals surface area contributed by atoms with Crippen molar-refractivity contribution in [3.8, 4) is 0 Å². The quantitative estimate of drug-likeness (QED) is 0.607. The van der Waals surface area contributed by atoms with E-state index in [0.717, 1.165) is 5.56 Å². The minimum atomic E-state index is -0.367. The van der Waals surface area contributed by atoms with E-state index in [0.29, 0.717) is 22.5 Å². The minimum absolute atomic E-state index is 0.233. The zero-order chi connectivity index (χ0) is 13.4. The van der Waals surface area contributed by atoms with Gasteiger partial charge in [0.1, 0.15) is 5.82 Å². The van der Waals surface area contributed by atoms with Gasteiger partial charge in [-0.1, -0.05) is 12.1 Å². The van der Waals surface area contributed by atoms with E-state index in [9.17, 15) is 9.18 Å². The third kappa shape index (κ3) is 2.08. The molecule has 3 N–H and O–H groups in total. The first-order valence-corrected chi connectivity index (χ1v) is 5.82. The van der Waals surface area contributed by atoms with Crippen LogP contribution in [-0.2, 0) is 4.79 Å². The number of benzene rings is 2. The predicted octanol–water partition coefficient (Wildman–Crippen LogP) is 2.90. The Kier molecular flexibility index (Phi) is 2.56. The van der Waals surface area contributed by atoms with Crippen molar-refractivity contribution in [2.45, 2.75) is 0 Å². The second-order valence-electron chi connectivity index (χ2n) is 4.37. The largest absolute Gasteiger partial charge is 0.399 e. The molecule has 0 unspecified atom stereocenters. The summed E-state index contributed by atoms with van der Waals surface area (Å²) < 4.78 is 13.3. The number of carbonyl (C=O) groups excluding carboxylic acids is 1. The summed E-state index contributed by atoms with van der Waals surface area (Å²) in [5.74, 6) is -0.600. The molecule has 0 fully saturated rings. The molecule has 1 heterocycles. The van der Waals surface area contributed by atoms with Crippen molar-refractivity contribution in [1.29, 1.82) is 0 Å². The molecule has 2 aromatic rings. The molecule has 0 atom stereocenters. The second-order valence-corrected chi connectivity index (χ2v) is 4.37. The summed E-state index contributed by atoms with van der Waals surface area (Å²) in [6, 6.07) is 11.4. The smallest absolute Gasteiger partial charge is 0.256 e. The lowest BCUT2D eigenvalue weighted by molar-refractivity contribution is -0.110. The fraction of sp³-hybridized carbons (Fsp3) is 0. The van der Waals surface area contributed by atoms with Crippen molar-refractivity contribution >= 4 is 28.9 Å². The molecule has 0 radical (unpaired) electrons. The molecule has 0 spiro atoms. The van der Waals surface area contributed by atoms with Gasteiger partial charge < -0.3 is 11.1 Å². The van der Waals surface area contributed by atoms with Gasteiger partial charge in [0, 0.05) is 22.5 Å². The molecule has 0 bridgehead atoms. The van der Waals surface area contributed by atoms with Crippen LogP contribution in [0.4, 0.5) is 15.8 Å². The number of nitrogen functional groups attached to an aromatic ring is 1. The van der Waals surface area contributed by atoms with Gasteiger partial charge in [-0.3, -0.25) is 4.79 Å². The van der Waals surface area contributed by atoms with E-state index in [-0.39, 0.29) is 11.7 Å². The van der Waals surface area contributed by atoms with Gasteiger partial charge in [-0.2, -0.15) is 0 Å². The molecule has 3 rings (SSSR count). The Balaban J connectivity index is 2.11. The van der Waals surface area contributed by atoms with Gasteiger partial charge in [-0.25, -0.2) is 4.39 Å². The summed E-state index contributed by atoms with van der Waals surface area (Å²) in [4.78, 5) is 11.9. The minimum Gasteiger partial charge on any atom is -0.399 e. The van der Waals surface area contributed by atoms with Crippen molar-refractivity contribution in [2.75, 3.05) is 11.1 Å². The van der Waals surface area contributed by atoms with Gasteiger partial charge in [0.15, 0.2) is 0 Å². The lowest BCUT2D eigenvalue weighted by Crippen LogP contribution is -2.03. The summed E-state index contributed by atoms with van der Waals surface area (Å²) in [7, 11) is 0. The number of hydrogen-bond acceptors (Lipinski definition) is 2. The van der Waals surface area contributed by atoms with Crippen LogP contribution in [0.3, 0.4) is 0 Å². The second kappa shape index (κ2) is 4.24. The van der Waals surface area contributed by atoms with Crippen LogP contribution in [-0.4, -0.2) is 5.91 Å². The third-order valence-corrected chi connectivity index (χ3v) is 2.99. The molecule has 0 aromatic heterocycles. The Labute approximate surface area is 109 Å². The number of amides is 1. The SMILES string of the molecule is Nc1cccc(C=C2C(=O)Nc3ccc(F)cc32)c1. The number of halogens is 1. The van der Waals surface area contributed by atoms with Crippen molar-refractivity contribution in [2.24, 2.45) is 0 Å². The van der Waals surface area contributed by atoms with Crippen molar-refractivity contribution < 1.29 is 9.18 Å². The Bertz CT molecular complexity index is 707. The molecular weight excluding hydrogens is 243 g/mol. The van der Waals surface area contributed by atoms with Gasteiger partial charge in [0.25, 0.3) is 5.91 Å². The summed E-state index contributed by atoms with van der Waals surface area (Å²) >= 11 is 0. The molecule has 94 valence electrons. The zero-order valence-corrected chi connectivity index (χ0v) is 9.98. The fourth-order valence-corrected chi connectivity index (χ4v) is 2.12. The number of fused-ring (bicyclic) bond motifs is 1. The first-order valence-electron chi connectivity index (χ1n) is 5.82. The highest BCUT2D eigenvalue weighted by Crippen LogP contribution is 2.33. The molecule has 3 nitrogen and oxygen atoms in total. The average molecular weight is 254 g/mol. The maximum atomic E-state index is 13.3. The lowest BCUT2D eigenvalue weighted by Gasteiger charge is -2.00. The summed E-state index contributed by atoms with van der Waals surface area (Å²) in [5.41, 5.74) is 8.77. The highest BCUT2D eigenvalue weighted by molar-refractivity contribution is 6.34. The third-order valence-electron chi connectivity index (χ3n) is 2.99. The first-order chi connectivity index (χ1) is 9.13. The molecule has 1 aliphatic heterocycles. The summed E-state index contributed by atoms with van der Waals surface area (Å²) in [6.45, 7) is 0. The maximum Gasteiger partial charge on any atom is 0.256 e. The van der Waals surface area contributed by atoms with Crippen LogP contribution in [0.5, 0.6) is 0 Å². The fourth-order valence-electron chi connectivity index (χ4n) is 2.12. The van der Waals surface area contributed by atoms with Crippen LogP contribution in [0, 0.1) is 5.82 Å². The van der Waals surface area contributed by atoms with Crippen LogP contribution < -0.4 is 11.1 Å². The van der Waals surface area contributed by atoms with E-state index in [4.69, 9.17) is 5.73 Å². The van der Waals surface area contributed by atoms with Crippen LogP contribution in [0.2, 0.25) is 0 Å². The number of carbonyl (C=O) groups is 1. The number of hydrogen-bond donors (Lipinski definition) is 2. The number of rotatable bonds is 1. The van der Waals surface area contributed by atoms with Crippen LogP contribution >= 0.6 is 0 Å². The Morgan fingerprint density at radius 2 is 2.00 bits per heavy atom. The van der Waals surface area contributed by atoms with Gasteiger partial charge in [0.05, 0.1) is 0 Å². The molecule has 1 amide bonds. The van der Waals surface area contributed by atoms with E-state index in [2.05, 4.69) is 5.32 Å². The Morgan fingerprint density at radius 3 is 2.79 bits per heavy atom. The molecule has 1 aliphatic rings. The highest BCUT2D eigenvalue weighted by atomic mass is 19.1. The van der Waals surface area contributed by atoms with E-state index < -0.39 is 0 Å². The van der Waals surface area contributed by atoms with Gasteiger partial charge in [-0.15, -0.1) is 0 Å². The normalized spacial score (nSPS) is 15.4. The lowest BCUT2D eigenvalue weighted by atomic mass is 10.0. The molecule has 2 aromatic carbocycles. The number of anilines is 2. The van der Waals surface area contributed by atoms with Gasteiger partial charge in [0.2, 0.25) is 0 Å². The van der Waals surface area contributed by atoms with E-state index >= 15 is 0 Å². The van der Waals surface area contributed by atoms with E-state index in [1.807, 2.05) is 6.07 Å². The topological polar surface area (TPSA) is 55.1 Å². The predicted molar refractivity (Wildman–Crippen MR) is 73.8 cm³/mol. The van der Waals surface area contributed by atoms with Crippen LogP contribution in [0.1, 0.15) is 11.1 Å². The Morgan fingerprint density at radius 1 is 1.16 bits per heavy atom. The molecule has 0 saturated heterocycles. The highest BCUT2D eigenvalue weighted by Gasteiger charge is 2.24. The molecule has 0 saturated carbocycles. The standard InChI is InChI=1S/C15H11FN2O/c16-10-4-5-14-12(8-10)13(15(19)18-14)7-9-2-1-3-11(17)6-9/h1-8H,17H2,(H,18,19). The molecule has 4 heteroatoms. The number of nitrogens with two attached hydrogens (primary N) is 1. The van der Waals surface area contributed by atoms with Gasteiger partial charge >= 0.3 is 0 Å². The first kappa shape index (κ1) is 11.5. The van der Waals surface area contributed by atoms with E-state index in [1.54, 1.807) is 30.3 Å². The van der Waals surface area contributed by atoms with Crippen LogP contribution in [0.25, 0.3) is 11.6 Å². The number of nitrogens with one attached hydrogen (secondary N) is 1. The Hall–Kier alpha value is -2.62. The van der Waals surface area contributed by atoms with Crippen molar-refractivity contribution in [3.05, 3.63) is 59.4 Å². The monoisotopic (exact) mass is 254 g/mol. The molecule has 19 heavy (non-hydrogen) atoms.